The van der Waals surface area contributed by atoms with Gasteiger partial charge in [-0.25, -0.2) is 9.59 Å². The molecule has 0 bridgehead atoms. The third-order valence-electron chi connectivity index (χ3n) is 3.30. The average molecular weight is 334 g/mol. The fourth-order valence-corrected chi connectivity index (χ4v) is 1.91. The first-order valence-electron chi connectivity index (χ1n) is 7.67. The topological polar surface area (TPSA) is 95.9 Å². The molecule has 1 aromatic carbocycles. The second-order valence-electron chi connectivity index (χ2n) is 4.90. The van der Waals surface area contributed by atoms with Gasteiger partial charge in [0.05, 0.1) is 5.56 Å². The van der Waals surface area contributed by atoms with E-state index in [0.717, 1.165) is 25.2 Å². The van der Waals surface area contributed by atoms with Crippen LogP contribution >= 0.6 is 0 Å². The summed E-state index contributed by atoms with van der Waals surface area (Å²) >= 11 is 0. The SMILES string of the molecule is CCN(CC)CCOC(=O)c1ccc(NC(=O)/C=C\C(=O)O)cc1. The van der Waals surface area contributed by atoms with Crippen LogP contribution < -0.4 is 5.32 Å². The van der Waals surface area contributed by atoms with Gasteiger partial charge in [-0.15, -0.1) is 0 Å². The minimum atomic E-state index is -1.20. The summed E-state index contributed by atoms with van der Waals surface area (Å²) in [6.07, 6.45) is 1.66. The van der Waals surface area contributed by atoms with Gasteiger partial charge in [0.1, 0.15) is 6.61 Å². The second-order valence-corrected chi connectivity index (χ2v) is 4.90. The number of ether oxygens (including phenoxy) is 1. The monoisotopic (exact) mass is 334 g/mol. The number of esters is 1. The Balaban J connectivity index is 2.50. The Labute approximate surface area is 140 Å². The number of hydrogen-bond acceptors (Lipinski definition) is 5. The number of amides is 1. The highest BCUT2D eigenvalue weighted by molar-refractivity contribution is 6.02. The zero-order valence-corrected chi connectivity index (χ0v) is 13.8. The largest absolute Gasteiger partial charge is 0.478 e. The molecule has 0 atom stereocenters. The summed E-state index contributed by atoms with van der Waals surface area (Å²) in [6, 6.07) is 6.17. The van der Waals surface area contributed by atoms with Gasteiger partial charge in [-0.3, -0.25) is 4.79 Å². The minimum Gasteiger partial charge on any atom is -0.478 e. The molecule has 0 heterocycles. The zero-order valence-electron chi connectivity index (χ0n) is 13.8. The van der Waals surface area contributed by atoms with Crippen molar-refractivity contribution < 1.29 is 24.2 Å². The predicted molar refractivity (Wildman–Crippen MR) is 89.9 cm³/mol. The Morgan fingerprint density at radius 1 is 1.12 bits per heavy atom. The smallest absolute Gasteiger partial charge is 0.338 e. The number of rotatable bonds is 9. The Hall–Kier alpha value is -2.67. The van der Waals surface area contributed by atoms with E-state index >= 15 is 0 Å². The molecule has 7 nitrogen and oxygen atoms in total. The van der Waals surface area contributed by atoms with Crippen molar-refractivity contribution in [2.45, 2.75) is 13.8 Å². The summed E-state index contributed by atoms with van der Waals surface area (Å²) in [4.78, 5) is 35.8. The number of carbonyl (C=O) groups is 3. The number of nitrogens with zero attached hydrogens (tertiary/aromatic N) is 1. The number of carbonyl (C=O) groups excluding carboxylic acids is 2. The third-order valence-corrected chi connectivity index (χ3v) is 3.30. The molecule has 130 valence electrons. The number of carboxylic acids is 1. The number of hydrogen-bond donors (Lipinski definition) is 2. The van der Waals surface area contributed by atoms with Gasteiger partial charge in [0, 0.05) is 24.4 Å². The van der Waals surface area contributed by atoms with Crippen LogP contribution in [0.25, 0.3) is 0 Å². The van der Waals surface area contributed by atoms with Gasteiger partial charge in [-0.2, -0.15) is 0 Å². The number of anilines is 1. The number of nitrogens with one attached hydrogen (secondary N) is 1. The van der Waals surface area contributed by atoms with Crippen molar-refractivity contribution >= 4 is 23.5 Å². The zero-order chi connectivity index (χ0) is 17.9. The molecule has 1 amide bonds. The number of aliphatic carboxylic acids is 1. The van der Waals surface area contributed by atoms with Gasteiger partial charge in [-0.1, -0.05) is 13.8 Å². The van der Waals surface area contributed by atoms with E-state index in [9.17, 15) is 14.4 Å². The van der Waals surface area contributed by atoms with Gasteiger partial charge < -0.3 is 20.1 Å². The molecule has 0 aliphatic heterocycles. The lowest BCUT2D eigenvalue weighted by Crippen LogP contribution is -2.27. The number of benzene rings is 1. The maximum absolute atomic E-state index is 11.9. The molecule has 0 fully saturated rings. The summed E-state index contributed by atoms with van der Waals surface area (Å²) in [6.45, 7) is 6.90. The number of carboxylic acid groups (broad SMARTS) is 1. The van der Waals surface area contributed by atoms with Crippen molar-refractivity contribution in [3.8, 4) is 0 Å². The third kappa shape index (κ3) is 7.06. The minimum absolute atomic E-state index is 0.318. The molecular formula is C17H22N2O5. The van der Waals surface area contributed by atoms with Crippen LogP contribution in [-0.4, -0.2) is 54.1 Å². The van der Waals surface area contributed by atoms with E-state index in [1.165, 1.54) is 12.1 Å². The van der Waals surface area contributed by atoms with E-state index in [0.29, 0.717) is 24.4 Å². The van der Waals surface area contributed by atoms with Gasteiger partial charge in [0.25, 0.3) is 0 Å². The molecule has 0 saturated heterocycles. The lowest BCUT2D eigenvalue weighted by Gasteiger charge is -2.17. The first-order valence-corrected chi connectivity index (χ1v) is 7.67. The molecule has 1 rings (SSSR count). The molecule has 0 saturated carbocycles. The summed E-state index contributed by atoms with van der Waals surface area (Å²) in [5.41, 5.74) is 0.836. The average Bonchev–Trinajstić information content (AvgIpc) is 2.57. The van der Waals surface area contributed by atoms with Crippen LogP contribution in [0.2, 0.25) is 0 Å². The molecule has 0 aliphatic carbocycles. The van der Waals surface area contributed by atoms with Crippen molar-refractivity contribution in [2.75, 3.05) is 31.6 Å². The van der Waals surface area contributed by atoms with Crippen molar-refractivity contribution in [3.05, 3.63) is 42.0 Å². The van der Waals surface area contributed by atoms with E-state index in [4.69, 9.17) is 9.84 Å². The standard InChI is InChI=1S/C17H22N2O5/c1-3-19(4-2)11-12-24-17(23)13-5-7-14(8-6-13)18-15(20)9-10-16(21)22/h5-10H,3-4,11-12H2,1-2H3,(H,18,20)(H,21,22)/b10-9-. The Kier molecular flexibility index (Phi) is 8.21. The van der Waals surface area contributed by atoms with E-state index < -0.39 is 17.8 Å². The van der Waals surface area contributed by atoms with Crippen LogP contribution in [0, 0.1) is 0 Å². The molecule has 0 radical (unpaired) electrons. The predicted octanol–water partition coefficient (Wildman–Crippen LogP) is 1.76. The molecule has 0 spiro atoms. The van der Waals surface area contributed by atoms with Crippen LogP contribution in [0.5, 0.6) is 0 Å². The first-order chi connectivity index (χ1) is 11.5. The summed E-state index contributed by atoms with van der Waals surface area (Å²) in [7, 11) is 0. The van der Waals surface area contributed by atoms with Crippen LogP contribution in [-0.2, 0) is 14.3 Å². The maximum Gasteiger partial charge on any atom is 0.338 e. The molecule has 1 aromatic rings. The normalized spacial score (nSPS) is 10.8. The van der Waals surface area contributed by atoms with Crippen molar-refractivity contribution in [3.63, 3.8) is 0 Å². The van der Waals surface area contributed by atoms with Gasteiger partial charge in [0.2, 0.25) is 5.91 Å². The van der Waals surface area contributed by atoms with Crippen LogP contribution in [0.4, 0.5) is 5.69 Å². The van der Waals surface area contributed by atoms with Crippen LogP contribution in [0.3, 0.4) is 0 Å². The van der Waals surface area contributed by atoms with Gasteiger partial charge in [0.15, 0.2) is 0 Å². The molecule has 0 unspecified atom stereocenters. The Morgan fingerprint density at radius 3 is 2.29 bits per heavy atom. The van der Waals surface area contributed by atoms with Crippen molar-refractivity contribution in [2.24, 2.45) is 0 Å². The van der Waals surface area contributed by atoms with Crippen molar-refractivity contribution in [1.82, 2.24) is 4.90 Å². The molecule has 7 heteroatoms. The quantitative estimate of drug-likeness (QED) is 0.528. The Bertz CT molecular complexity index is 592. The van der Waals surface area contributed by atoms with E-state index in [2.05, 4.69) is 10.2 Å². The molecule has 2 N–H and O–H groups in total. The molecule has 0 aliphatic rings. The van der Waals surface area contributed by atoms with Gasteiger partial charge >= 0.3 is 11.9 Å². The fourth-order valence-electron chi connectivity index (χ4n) is 1.91. The highest BCUT2D eigenvalue weighted by atomic mass is 16.5. The second kappa shape index (κ2) is 10.2. The summed E-state index contributed by atoms with van der Waals surface area (Å²) in [5, 5.41) is 10.9. The number of likely N-dealkylation sites (N-methyl/N-ethyl adjacent to an activating group) is 1. The first kappa shape index (κ1) is 19.4. The molecular weight excluding hydrogens is 312 g/mol. The summed E-state index contributed by atoms with van der Waals surface area (Å²) < 4.78 is 5.20. The van der Waals surface area contributed by atoms with E-state index in [1.54, 1.807) is 12.1 Å². The maximum atomic E-state index is 11.9. The molecule has 24 heavy (non-hydrogen) atoms. The van der Waals surface area contributed by atoms with Crippen LogP contribution in [0.15, 0.2) is 36.4 Å². The lowest BCUT2D eigenvalue weighted by molar-refractivity contribution is -0.131. The molecule has 0 aromatic heterocycles. The van der Waals surface area contributed by atoms with E-state index in [-0.39, 0.29) is 0 Å². The van der Waals surface area contributed by atoms with Gasteiger partial charge in [-0.05, 0) is 37.4 Å². The van der Waals surface area contributed by atoms with Crippen LogP contribution in [0.1, 0.15) is 24.2 Å². The summed E-state index contributed by atoms with van der Waals surface area (Å²) in [5.74, 6) is -2.19. The fraction of sp³-hybridized carbons (Fsp3) is 0.353. The highest BCUT2D eigenvalue weighted by Crippen LogP contribution is 2.10. The lowest BCUT2D eigenvalue weighted by atomic mass is 10.2. The van der Waals surface area contributed by atoms with E-state index in [1.807, 2.05) is 13.8 Å². The van der Waals surface area contributed by atoms with Crippen molar-refractivity contribution in [1.29, 1.82) is 0 Å². The Morgan fingerprint density at radius 2 is 1.75 bits per heavy atom. The highest BCUT2D eigenvalue weighted by Gasteiger charge is 2.08.